The number of nitrogens with one attached hydrogen (secondary N) is 2. The predicted molar refractivity (Wildman–Crippen MR) is 98.8 cm³/mol. The fraction of sp³-hybridized carbons (Fsp3) is 0.294. The number of hydrogen-bond donors (Lipinski definition) is 2. The summed E-state index contributed by atoms with van der Waals surface area (Å²) in [4.78, 5) is 11.7. The molecule has 1 fully saturated rings. The molecule has 2 N–H and O–H groups in total. The zero-order chi connectivity index (χ0) is 18.3. The largest absolute Gasteiger partial charge is 0.370 e. The third-order valence-corrected chi connectivity index (χ3v) is 6.03. The van der Waals surface area contributed by atoms with E-state index in [4.69, 9.17) is 16.3 Å². The number of halogens is 1. The third kappa shape index (κ3) is 3.27. The molecular formula is C17H17ClN4O3S. The van der Waals surface area contributed by atoms with E-state index in [-0.39, 0.29) is 16.2 Å². The summed E-state index contributed by atoms with van der Waals surface area (Å²) in [7, 11) is -3.76. The van der Waals surface area contributed by atoms with Crippen LogP contribution < -0.4 is 4.72 Å². The number of rotatable bonds is 4. The highest BCUT2D eigenvalue weighted by molar-refractivity contribution is 7.92. The van der Waals surface area contributed by atoms with Gasteiger partial charge in [-0.05, 0) is 49.6 Å². The van der Waals surface area contributed by atoms with Crippen molar-refractivity contribution >= 4 is 38.3 Å². The van der Waals surface area contributed by atoms with E-state index >= 15 is 0 Å². The number of imidazole rings is 1. The lowest BCUT2D eigenvalue weighted by molar-refractivity contribution is 0.106. The van der Waals surface area contributed by atoms with Gasteiger partial charge in [-0.1, -0.05) is 11.6 Å². The Morgan fingerprint density at radius 3 is 2.92 bits per heavy atom. The Kier molecular flexibility index (Phi) is 4.34. The topological polar surface area (TPSA) is 97.0 Å². The Labute approximate surface area is 155 Å². The van der Waals surface area contributed by atoms with Crippen LogP contribution in [0.4, 0.5) is 5.69 Å². The van der Waals surface area contributed by atoms with Crippen LogP contribution in [-0.2, 0) is 14.8 Å². The van der Waals surface area contributed by atoms with Crippen molar-refractivity contribution in [3.8, 4) is 0 Å². The van der Waals surface area contributed by atoms with Crippen LogP contribution in [0.15, 0.2) is 35.4 Å². The molecule has 4 rings (SSSR count). The summed E-state index contributed by atoms with van der Waals surface area (Å²) in [6, 6.07) is 6.65. The number of hydrogen-bond acceptors (Lipinski definition) is 5. The summed E-state index contributed by atoms with van der Waals surface area (Å²) >= 11 is 5.86. The number of fused-ring (bicyclic) bond motifs is 1. The maximum absolute atomic E-state index is 12.6. The van der Waals surface area contributed by atoms with E-state index in [0.29, 0.717) is 11.3 Å². The Morgan fingerprint density at radius 1 is 1.35 bits per heavy atom. The molecular weight excluding hydrogens is 376 g/mol. The zero-order valence-corrected chi connectivity index (χ0v) is 15.6. The Morgan fingerprint density at radius 2 is 2.19 bits per heavy atom. The van der Waals surface area contributed by atoms with E-state index in [1.54, 1.807) is 25.1 Å². The summed E-state index contributed by atoms with van der Waals surface area (Å²) in [5, 5.41) is 0.282. The van der Waals surface area contributed by atoms with Gasteiger partial charge in [0.2, 0.25) is 0 Å². The van der Waals surface area contributed by atoms with Gasteiger partial charge in [0.05, 0.1) is 16.7 Å². The predicted octanol–water partition coefficient (Wildman–Crippen LogP) is 3.57. The van der Waals surface area contributed by atoms with E-state index in [1.807, 2.05) is 0 Å². The number of sulfonamides is 1. The average Bonchev–Trinajstić information content (AvgIpc) is 3.25. The number of benzene rings is 1. The van der Waals surface area contributed by atoms with Gasteiger partial charge in [-0.2, -0.15) is 0 Å². The van der Waals surface area contributed by atoms with Gasteiger partial charge in [0.15, 0.2) is 0 Å². The quantitative estimate of drug-likeness (QED) is 0.661. The van der Waals surface area contributed by atoms with Crippen LogP contribution in [-0.4, -0.2) is 30.0 Å². The second-order valence-corrected chi connectivity index (χ2v) is 8.28. The molecule has 3 aromatic rings. The molecule has 1 unspecified atom stereocenters. The number of pyridine rings is 1. The smallest absolute Gasteiger partial charge is 0.263 e. The maximum atomic E-state index is 12.6. The molecule has 1 aromatic carbocycles. The number of anilines is 1. The van der Waals surface area contributed by atoms with Crippen molar-refractivity contribution in [2.75, 3.05) is 11.3 Å². The van der Waals surface area contributed by atoms with Crippen molar-refractivity contribution in [1.29, 1.82) is 0 Å². The fourth-order valence-corrected chi connectivity index (χ4v) is 4.11. The zero-order valence-electron chi connectivity index (χ0n) is 14.0. The molecule has 1 aliphatic rings. The summed E-state index contributed by atoms with van der Waals surface area (Å²) in [5.74, 6) is 0.773. The highest BCUT2D eigenvalue weighted by Gasteiger charge is 2.21. The van der Waals surface area contributed by atoms with Crippen LogP contribution in [0.2, 0.25) is 5.15 Å². The molecule has 136 valence electrons. The van der Waals surface area contributed by atoms with Gasteiger partial charge in [-0.15, -0.1) is 0 Å². The van der Waals surface area contributed by atoms with E-state index in [1.165, 1.54) is 12.3 Å². The van der Waals surface area contributed by atoms with Gasteiger partial charge in [0.25, 0.3) is 10.0 Å². The van der Waals surface area contributed by atoms with Gasteiger partial charge in [-0.3, -0.25) is 4.72 Å². The van der Waals surface area contributed by atoms with Crippen molar-refractivity contribution in [1.82, 2.24) is 15.0 Å². The first-order valence-electron chi connectivity index (χ1n) is 8.18. The second kappa shape index (κ2) is 6.53. The van der Waals surface area contributed by atoms with E-state index in [2.05, 4.69) is 19.7 Å². The number of aromatic nitrogens is 3. The van der Waals surface area contributed by atoms with Gasteiger partial charge >= 0.3 is 0 Å². The first kappa shape index (κ1) is 17.3. The number of H-pyrrole nitrogens is 1. The monoisotopic (exact) mass is 392 g/mol. The number of nitrogens with zero attached hydrogens (tertiary/aromatic N) is 2. The number of aromatic amines is 1. The highest BCUT2D eigenvalue weighted by atomic mass is 35.5. The summed E-state index contributed by atoms with van der Waals surface area (Å²) in [5.41, 5.74) is 2.55. The molecule has 7 nitrogen and oxygen atoms in total. The number of ether oxygens (including phenoxy) is 1. The lowest BCUT2D eigenvalue weighted by atomic mass is 10.2. The highest BCUT2D eigenvalue weighted by Crippen LogP contribution is 2.29. The fourth-order valence-electron chi connectivity index (χ4n) is 2.93. The third-order valence-electron chi connectivity index (χ3n) is 4.29. The molecule has 1 saturated heterocycles. The lowest BCUT2D eigenvalue weighted by Crippen LogP contribution is -2.13. The SMILES string of the molecule is Cc1cc(S(=O)(=O)Nc2ccc3nc(C4CCCO4)[nH]c3c2)cnc1Cl. The first-order valence-corrected chi connectivity index (χ1v) is 10.0. The van der Waals surface area contributed by atoms with Crippen LogP contribution >= 0.6 is 11.6 Å². The average molecular weight is 393 g/mol. The van der Waals surface area contributed by atoms with E-state index in [9.17, 15) is 8.42 Å². The summed E-state index contributed by atoms with van der Waals surface area (Å²) in [6.07, 6.45) is 3.16. The van der Waals surface area contributed by atoms with Crippen molar-refractivity contribution < 1.29 is 13.2 Å². The van der Waals surface area contributed by atoms with Crippen molar-refractivity contribution in [3.05, 3.63) is 47.0 Å². The normalized spacial score (nSPS) is 17.7. The van der Waals surface area contributed by atoms with Gasteiger partial charge in [-0.25, -0.2) is 18.4 Å². The van der Waals surface area contributed by atoms with Crippen LogP contribution in [0.25, 0.3) is 11.0 Å². The van der Waals surface area contributed by atoms with Gasteiger partial charge < -0.3 is 9.72 Å². The Balaban J connectivity index is 1.62. The van der Waals surface area contributed by atoms with Crippen LogP contribution in [0.1, 0.15) is 30.3 Å². The molecule has 3 heterocycles. The minimum atomic E-state index is -3.76. The molecule has 1 aliphatic heterocycles. The molecule has 0 saturated carbocycles. The van der Waals surface area contributed by atoms with Gasteiger partial charge in [0.1, 0.15) is 22.0 Å². The van der Waals surface area contributed by atoms with Crippen molar-refractivity contribution in [2.24, 2.45) is 0 Å². The Hall–Kier alpha value is -2.16. The summed E-state index contributed by atoms with van der Waals surface area (Å²) in [6.45, 7) is 2.44. The van der Waals surface area contributed by atoms with Crippen LogP contribution in [0.5, 0.6) is 0 Å². The minimum Gasteiger partial charge on any atom is -0.370 e. The first-order chi connectivity index (χ1) is 12.4. The van der Waals surface area contributed by atoms with Crippen molar-refractivity contribution in [2.45, 2.75) is 30.8 Å². The second-order valence-electron chi connectivity index (χ2n) is 6.24. The lowest BCUT2D eigenvalue weighted by Gasteiger charge is -2.08. The summed E-state index contributed by atoms with van der Waals surface area (Å²) < 4.78 is 33.3. The molecule has 0 spiro atoms. The van der Waals surface area contributed by atoms with E-state index in [0.717, 1.165) is 36.3 Å². The molecule has 0 amide bonds. The van der Waals surface area contributed by atoms with Crippen molar-refractivity contribution in [3.63, 3.8) is 0 Å². The molecule has 0 radical (unpaired) electrons. The van der Waals surface area contributed by atoms with Crippen LogP contribution in [0.3, 0.4) is 0 Å². The maximum Gasteiger partial charge on any atom is 0.263 e. The molecule has 26 heavy (non-hydrogen) atoms. The molecule has 0 aliphatic carbocycles. The Bertz CT molecular complexity index is 1070. The number of aryl methyl sites for hydroxylation is 1. The molecule has 0 bridgehead atoms. The molecule has 1 atom stereocenters. The van der Waals surface area contributed by atoms with E-state index < -0.39 is 10.0 Å². The molecule has 9 heteroatoms. The standard InChI is InChI=1S/C17H17ClN4O3S/c1-10-7-12(9-19-16(10)18)26(23,24)22-11-4-5-13-14(8-11)21-17(20-13)15-3-2-6-25-15/h4-5,7-9,15,22H,2-3,6H2,1H3,(H,20,21). The van der Waals surface area contributed by atoms with Gasteiger partial charge in [0, 0.05) is 12.8 Å². The molecule has 2 aromatic heterocycles. The minimum absolute atomic E-state index is 0.0225. The van der Waals surface area contributed by atoms with Crippen LogP contribution in [0, 0.1) is 6.92 Å².